The van der Waals surface area contributed by atoms with Gasteiger partial charge in [0.2, 0.25) is 11.8 Å². The number of aliphatic hydroxyl groups is 1. The summed E-state index contributed by atoms with van der Waals surface area (Å²) in [6.07, 6.45) is -0.379. The molecule has 4 rings (SSSR count). The number of halogens is 2. The van der Waals surface area contributed by atoms with E-state index >= 15 is 0 Å². The molecule has 2 fully saturated rings. The van der Waals surface area contributed by atoms with Crippen LogP contribution in [0.1, 0.15) is 25.8 Å². The van der Waals surface area contributed by atoms with Crippen LogP contribution in [0, 0.1) is 11.8 Å². The highest BCUT2D eigenvalue weighted by Crippen LogP contribution is 2.51. The number of aliphatic hydroxyl groups excluding tert-OH is 1. The van der Waals surface area contributed by atoms with Crippen LogP contribution in [0.2, 0.25) is 0 Å². The maximum absolute atomic E-state index is 13.0. The number of carbonyl (C=O) groups excluding carboxylic acids is 2. The van der Waals surface area contributed by atoms with Crippen LogP contribution in [-0.2, 0) is 20.9 Å². The van der Waals surface area contributed by atoms with Crippen molar-refractivity contribution in [1.82, 2.24) is 15.1 Å². The molecule has 3 heterocycles. The average Bonchev–Trinajstić information content (AvgIpc) is 3.36. The Labute approximate surface area is 211 Å². The van der Waals surface area contributed by atoms with E-state index in [4.69, 9.17) is 0 Å². The summed E-state index contributed by atoms with van der Waals surface area (Å²) in [4.78, 5) is 41.0. The van der Waals surface area contributed by atoms with Crippen LogP contribution < -0.4 is 10.1 Å². The van der Waals surface area contributed by atoms with Gasteiger partial charge in [-0.15, -0.1) is 11.8 Å². The molecule has 0 spiro atoms. The Morgan fingerprint density at radius 2 is 1.97 bits per heavy atom. The van der Waals surface area contributed by atoms with Gasteiger partial charge in [-0.25, -0.2) is 4.79 Å². The van der Waals surface area contributed by atoms with Gasteiger partial charge in [-0.3, -0.25) is 9.59 Å². The lowest BCUT2D eigenvalue weighted by Crippen LogP contribution is -2.63. The Bertz CT molecular complexity index is 1070. The van der Waals surface area contributed by atoms with E-state index < -0.39 is 30.6 Å². The van der Waals surface area contributed by atoms with Gasteiger partial charge >= 0.3 is 12.6 Å². The summed E-state index contributed by atoms with van der Waals surface area (Å²) in [5.74, 6) is -2.48. The third kappa shape index (κ3) is 4.94. The van der Waals surface area contributed by atoms with Crippen molar-refractivity contribution in [3.05, 3.63) is 40.4 Å². The number of hydrogen-bond acceptors (Lipinski definition) is 7. The summed E-state index contributed by atoms with van der Waals surface area (Å²) in [6.45, 7) is 1.29. The van der Waals surface area contributed by atoms with Crippen LogP contribution >= 0.6 is 11.8 Å². The smallest absolute Gasteiger partial charge is 0.387 e. The molecular formula is C24H29F2N3O6S. The normalized spacial score (nSPS) is 28.2. The lowest BCUT2D eigenvalue weighted by atomic mass is 9.79. The van der Waals surface area contributed by atoms with E-state index in [-0.39, 0.29) is 47.0 Å². The molecule has 3 N–H and O–H groups in total. The molecule has 3 aliphatic heterocycles. The number of hydrogen-bond donors (Lipinski definition) is 3. The average molecular weight is 526 g/mol. The van der Waals surface area contributed by atoms with E-state index in [0.717, 1.165) is 5.56 Å². The monoisotopic (exact) mass is 525 g/mol. The molecule has 0 saturated carbocycles. The number of nitrogens with zero attached hydrogens (tertiary/aromatic N) is 2. The standard InChI is InChI=1S/C24H29F2N3O6S/c1-11-18-17(12(2)30)22(32)29(18)19(23(33)34)20(11)36-15-8-16(27-9-15)21(31)28(3)10-13-4-6-14(7-5-13)35-24(25)26/h4-7,11-12,15-18,24,27,30H,8-10H2,1-3H3,(H,33,34). The Hall–Kier alpha value is -2.70. The molecule has 2 amide bonds. The van der Waals surface area contributed by atoms with Gasteiger partial charge in [0, 0.05) is 36.2 Å². The SMILES string of the molecule is CC(O)C1C(=O)N2C(C(=O)O)=C(SC3CNC(C(=O)N(C)Cc4ccc(OC(F)F)cc4)C3)C(C)C12. The van der Waals surface area contributed by atoms with Crippen molar-refractivity contribution in [3.63, 3.8) is 0 Å². The van der Waals surface area contributed by atoms with Gasteiger partial charge in [0.25, 0.3) is 0 Å². The molecule has 0 radical (unpaired) electrons. The maximum atomic E-state index is 13.0. The van der Waals surface area contributed by atoms with E-state index in [1.54, 1.807) is 24.1 Å². The van der Waals surface area contributed by atoms with Crippen molar-refractivity contribution >= 4 is 29.5 Å². The maximum Gasteiger partial charge on any atom is 0.387 e. The molecule has 0 aromatic heterocycles. The van der Waals surface area contributed by atoms with Crippen molar-refractivity contribution < 1.29 is 38.1 Å². The highest BCUT2D eigenvalue weighted by molar-refractivity contribution is 8.03. The highest BCUT2D eigenvalue weighted by Gasteiger charge is 2.60. The van der Waals surface area contributed by atoms with E-state index in [1.807, 2.05) is 6.92 Å². The third-order valence-corrected chi connectivity index (χ3v) is 8.45. The first-order valence-corrected chi connectivity index (χ1v) is 12.5. The molecule has 196 valence electrons. The number of fused-ring (bicyclic) bond motifs is 1. The molecule has 1 aromatic carbocycles. The van der Waals surface area contributed by atoms with Crippen molar-refractivity contribution in [3.8, 4) is 5.75 Å². The minimum absolute atomic E-state index is 0.0226. The first-order chi connectivity index (χ1) is 17.0. The fraction of sp³-hybridized carbons (Fsp3) is 0.542. The Balaban J connectivity index is 1.37. The van der Waals surface area contributed by atoms with Gasteiger partial charge in [0.15, 0.2) is 0 Å². The van der Waals surface area contributed by atoms with Crippen LogP contribution in [0.4, 0.5) is 8.78 Å². The van der Waals surface area contributed by atoms with Crippen molar-refractivity contribution in [2.24, 2.45) is 11.8 Å². The lowest BCUT2D eigenvalue weighted by molar-refractivity contribution is -0.163. The second kappa shape index (κ2) is 10.3. The molecule has 2 saturated heterocycles. The molecular weight excluding hydrogens is 496 g/mol. The minimum atomic E-state index is -2.90. The zero-order valence-electron chi connectivity index (χ0n) is 20.1. The zero-order valence-corrected chi connectivity index (χ0v) is 20.9. The van der Waals surface area contributed by atoms with Gasteiger partial charge in [0.1, 0.15) is 11.4 Å². The summed E-state index contributed by atoms with van der Waals surface area (Å²) in [5.41, 5.74) is 0.736. The number of amides is 2. The van der Waals surface area contributed by atoms with E-state index in [0.29, 0.717) is 17.9 Å². The molecule has 6 atom stereocenters. The van der Waals surface area contributed by atoms with Crippen molar-refractivity contribution in [2.75, 3.05) is 13.6 Å². The molecule has 3 aliphatic rings. The van der Waals surface area contributed by atoms with Gasteiger partial charge in [-0.05, 0) is 31.0 Å². The van der Waals surface area contributed by atoms with Gasteiger partial charge in [0.05, 0.1) is 24.1 Å². The Kier molecular flexibility index (Phi) is 7.58. The number of nitrogens with one attached hydrogen (secondary N) is 1. The Morgan fingerprint density at radius 1 is 1.31 bits per heavy atom. The number of ether oxygens (including phenoxy) is 1. The molecule has 0 aliphatic carbocycles. The fourth-order valence-electron chi connectivity index (χ4n) is 5.23. The lowest BCUT2D eigenvalue weighted by Gasteiger charge is -2.46. The van der Waals surface area contributed by atoms with Gasteiger partial charge < -0.3 is 30.1 Å². The zero-order chi connectivity index (χ0) is 26.3. The minimum Gasteiger partial charge on any atom is -0.477 e. The van der Waals surface area contributed by atoms with Crippen LogP contribution in [0.15, 0.2) is 34.9 Å². The summed E-state index contributed by atoms with van der Waals surface area (Å²) in [6, 6.07) is 5.26. The first-order valence-electron chi connectivity index (χ1n) is 11.7. The molecule has 1 aromatic rings. The topological polar surface area (TPSA) is 119 Å². The summed E-state index contributed by atoms with van der Waals surface area (Å²) < 4.78 is 29.0. The van der Waals surface area contributed by atoms with Crippen molar-refractivity contribution in [2.45, 2.75) is 56.9 Å². The van der Waals surface area contributed by atoms with E-state index in [2.05, 4.69) is 10.1 Å². The first kappa shape index (κ1) is 26.4. The number of aliphatic carboxylic acids is 1. The second-order valence-corrected chi connectivity index (χ2v) is 10.8. The molecule has 12 heteroatoms. The quantitative estimate of drug-likeness (QED) is 0.418. The summed E-state index contributed by atoms with van der Waals surface area (Å²) in [5, 5.41) is 22.9. The predicted octanol–water partition coefficient (Wildman–Crippen LogP) is 1.86. The number of carboxylic acid groups (broad SMARTS) is 1. The molecule has 0 bridgehead atoms. The molecule has 9 nitrogen and oxygen atoms in total. The number of carboxylic acids is 1. The third-order valence-electron chi connectivity index (χ3n) is 6.94. The predicted molar refractivity (Wildman–Crippen MR) is 127 cm³/mol. The summed E-state index contributed by atoms with van der Waals surface area (Å²) in [7, 11) is 1.66. The fourth-order valence-corrected chi connectivity index (χ4v) is 6.71. The number of rotatable bonds is 9. The van der Waals surface area contributed by atoms with Gasteiger partial charge in [-0.2, -0.15) is 8.78 Å². The molecule has 36 heavy (non-hydrogen) atoms. The number of thioether (sulfide) groups is 1. The molecule has 6 unspecified atom stereocenters. The number of alkyl halides is 2. The highest BCUT2D eigenvalue weighted by atomic mass is 32.2. The van der Waals surface area contributed by atoms with Crippen LogP contribution in [0.5, 0.6) is 5.75 Å². The number of β-lactam (4-membered cyclic amide) rings is 1. The van der Waals surface area contributed by atoms with Crippen molar-refractivity contribution in [1.29, 1.82) is 0 Å². The number of carbonyl (C=O) groups is 3. The number of benzene rings is 1. The van der Waals surface area contributed by atoms with E-state index in [9.17, 15) is 33.4 Å². The van der Waals surface area contributed by atoms with E-state index in [1.165, 1.54) is 35.7 Å². The summed E-state index contributed by atoms with van der Waals surface area (Å²) >= 11 is 1.38. The van der Waals surface area contributed by atoms with Crippen LogP contribution in [-0.4, -0.2) is 81.4 Å². The van der Waals surface area contributed by atoms with Gasteiger partial charge in [-0.1, -0.05) is 19.1 Å². The second-order valence-electron chi connectivity index (χ2n) is 9.43. The van der Waals surface area contributed by atoms with Crippen LogP contribution in [0.25, 0.3) is 0 Å². The largest absolute Gasteiger partial charge is 0.477 e. The van der Waals surface area contributed by atoms with Crippen LogP contribution in [0.3, 0.4) is 0 Å². The Morgan fingerprint density at radius 3 is 2.56 bits per heavy atom. The number of likely N-dealkylation sites (N-methyl/N-ethyl adjacent to an activating group) is 1.